The minimum absolute atomic E-state index is 0. The summed E-state index contributed by atoms with van der Waals surface area (Å²) in [7, 11) is -10.1. The van der Waals surface area contributed by atoms with Crippen LogP contribution in [0.15, 0.2) is 24.5 Å². The zero-order valence-electron chi connectivity index (χ0n) is 8.76. The van der Waals surface area contributed by atoms with Crippen molar-refractivity contribution in [3.05, 3.63) is 30.1 Å². The highest BCUT2D eigenvalue weighted by molar-refractivity contribution is 7.71. The maximum atomic E-state index is 11.3. The summed E-state index contributed by atoms with van der Waals surface area (Å²) in [5, 5.41) is 0. The van der Waals surface area contributed by atoms with Gasteiger partial charge in [0.2, 0.25) is 0 Å². The van der Waals surface area contributed by atoms with E-state index in [4.69, 9.17) is 19.6 Å². The molecule has 1 aromatic heterocycles. The average molecular weight is 285 g/mol. The second-order valence-electron chi connectivity index (χ2n) is 3.35. The third kappa shape index (κ3) is 2.81. The van der Waals surface area contributed by atoms with E-state index in [0.717, 1.165) is 13.1 Å². The second-order valence-corrected chi connectivity index (χ2v) is 7.67. The highest BCUT2D eigenvalue weighted by Crippen LogP contribution is 2.74. The first kappa shape index (κ1) is 16.4. The van der Waals surface area contributed by atoms with Crippen LogP contribution in [0.2, 0.25) is 0 Å². The van der Waals surface area contributed by atoms with Gasteiger partial charge >= 0.3 is 15.2 Å². The summed E-state index contributed by atoms with van der Waals surface area (Å²) in [5.74, 6) is 0. The maximum absolute atomic E-state index is 11.3. The van der Waals surface area contributed by atoms with Crippen LogP contribution < -0.4 is 0 Å². The Kier molecular flexibility index (Phi) is 4.78. The lowest BCUT2D eigenvalue weighted by molar-refractivity contribution is 0.314. The van der Waals surface area contributed by atoms with E-state index in [9.17, 15) is 9.13 Å². The van der Waals surface area contributed by atoms with Gasteiger partial charge < -0.3 is 25.0 Å². The van der Waals surface area contributed by atoms with Gasteiger partial charge in [0.15, 0.2) is 4.90 Å². The lowest BCUT2D eigenvalue weighted by Gasteiger charge is -2.30. The van der Waals surface area contributed by atoms with Crippen molar-refractivity contribution in [2.75, 3.05) is 0 Å². The Morgan fingerprint density at radius 2 is 1.65 bits per heavy atom. The Hall–Kier alpha value is -0.590. The molecule has 0 radical (unpaired) electrons. The van der Waals surface area contributed by atoms with Crippen LogP contribution >= 0.6 is 15.2 Å². The molecule has 0 aromatic carbocycles. The number of rotatable bonds is 3. The lowest BCUT2D eigenvalue weighted by atomic mass is 10.2. The predicted octanol–water partition coefficient (Wildman–Crippen LogP) is -0.215. The SMILES string of the molecule is CC(c1cccnc1)(P(=O)(O)O)P(=O)(O)O.O. The molecule has 0 fully saturated rings. The molecule has 0 atom stereocenters. The molecule has 1 aromatic rings. The van der Waals surface area contributed by atoms with Crippen molar-refractivity contribution in [2.24, 2.45) is 0 Å². The van der Waals surface area contributed by atoms with Gasteiger partial charge in [-0.25, -0.2) is 0 Å². The normalized spacial score (nSPS) is 13.0. The summed E-state index contributed by atoms with van der Waals surface area (Å²) in [5.41, 5.74) is -0.198. The van der Waals surface area contributed by atoms with Crippen LogP contribution in [0.5, 0.6) is 0 Å². The fourth-order valence-corrected chi connectivity index (χ4v) is 3.44. The fourth-order valence-electron chi connectivity index (χ4n) is 1.15. The van der Waals surface area contributed by atoms with Crippen molar-refractivity contribution >= 4 is 15.2 Å². The van der Waals surface area contributed by atoms with Gasteiger partial charge in [0.1, 0.15) is 0 Å². The van der Waals surface area contributed by atoms with E-state index in [-0.39, 0.29) is 11.0 Å². The summed E-state index contributed by atoms with van der Waals surface area (Å²) < 4.78 is 22.5. The van der Waals surface area contributed by atoms with Crippen LogP contribution in [0.1, 0.15) is 12.5 Å². The van der Waals surface area contributed by atoms with Crippen molar-refractivity contribution in [2.45, 2.75) is 11.8 Å². The van der Waals surface area contributed by atoms with Crippen LogP contribution in [0.4, 0.5) is 0 Å². The van der Waals surface area contributed by atoms with Crippen molar-refractivity contribution < 1.29 is 34.2 Å². The molecule has 17 heavy (non-hydrogen) atoms. The number of aromatic nitrogens is 1. The molecule has 0 aliphatic heterocycles. The molecule has 0 aliphatic carbocycles. The molecule has 6 N–H and O–H groups in total. The highest BCUT2D eigenvalue weighted by atomic mass is 31.2. The summed E-state index contributed by atoms with van der Waals surface area (Å²) in [6, 6.07) is 2.56. The highest BCUT2D eigenvalue weighted by Gasteiger charge is 2.57. The first-order chi connectivity index (χ1) is 7.11. The summed E-state index contributed by atoms with van der Waals surface area (Å²) in [6.45, 7) is 0.825. The molecule has 0 bridgehead atoms. The zero-order chi connectivity index (χ0) is 12.6. The minimum Gasteiger partial charge on any atom is -0.412 e. The average Bonchev–Trinajstić information content (AvgIpc) is 2.14. The third-order valence-electron chi connectivity index (χ3n) is 2.34. The van der Waals surface area contributed by atoms with Crippen molar-refractivity contribution in [1.29, 1.82) is 0 Å². The molecule has 0 saturated carbocycles. The fraction of sp³-hybridized carbons (Fsp3) is 0.286. The van der Waals surface area contributed by atoms with E-state index in [1.807, 2.05) is 0 Å². The molecule has 0 aliphatic rings. The Balaban J connectivity index is 0.00000256. The van der Waals surface area contributed by atoms with Gasteiger partial charge in [-0.2, -0.15) is 0 Å². The van der Waals surface area contributed by atoms with Gasteiger partial charge in [0, 0.05) is 18.0 Å². The van der Waals surface area contributed by atoms with Crippen LogP contribution in [0.25, 0.3) is 0 Å². The molecule has 8 nitrogen and oxygen atoms in total. The molecule has 1 rings (SSSR count). The molecule has 0 amide bonds. The van der Waals surface area contributed by atoms with Gasteiger partial charge in [0.25, 0.3) is 0 Å². The Labute approximate surface area is 97.0 Å². The smallest absolute Gasteiger partial charge is 0.347 e. The zero-order valence-corrected chi connectivity index (χ0v) is 10.5. The quantitative estimate of drug-likeness (QED) is 0.558. The molecule has 10 heteroatoms. The Morgan fingerprint density at radius 3 is 1.94 bits per heavy atom. The van der Waals surface area contributed by atoms with E-state index in [2.05, 4.69) is 4.98 Å². The van der Waals surface area contributed by atoms with E-state index in [0.29, 0.717) is 0 Å². The van der Waals surface area contributed by atoms with Crippen LogP contribution in [0.3, 0.4) is 0 Å². The number of hydrogen-bond donors (Lipinski definition) is 4. The lowest BCUT2D eigenvalue weighted by Crippen LogP contribution is -2.22. The van der Waals surface area contributed by atoms with E-state index >= 15 is 0 Å². The van der Waals surface area contributed by atoms with Gasteiger partial charge in [-0.3, -0.25) is 14.1 Å². The van der Waals surface area contributed by atoms with Gasteiger partial charge in [-0.15, -0.1) is 0 Å². The van der Waals surface area contributed by atoms with Gasteiger partial charge in [-0.1, -0.05) is 6.07 Å². The summed E-state index contributed by atoms with van der Waals surface area (Å²) in [6.07, 6.45) is 2.36. The molecule has 1 heterocycles. The van der Waals surface area contributed by atoms with Gasteiger partial charge in [0.05, 0.1) is 0 Å². The minimum atomic E-state index is -5.03. The molecule has 0 spiro atoms. The molecular weight excluding hydrogens is 272 g/mol. The summed E-state index contributed by atoms with van der Waals surface area (Å²) in [4.78, 5) is 37.5. The molecule has 0 unspecified atom stereocenters. The van der Waals surface area contributed by atoms with E-state index in [1.165, 1.54) is 18.3 Å². The number of nitrogens with zero attached hydrogens (tertiary/aromatic N) is 1. The molecule has 98 valence electrons. The monoisotopic (exact) mass is 285 g/mol. The van der Waals surface area contributed by atoms with Crippen LogP contribution in [0, 0.1) is 0 Å². The summed E-state index contributed by atoms with van der Waals surface area (Å²) >= 11 is 0. The molecule has 0 saturated heterocycles. The number of hydrogen-bond acceptors (Lipinski definition) is 3. The van der Waals surface area contributed by atoms with E-state index < -0.39 is 20.1 Å². The van der Waals surface area contributed by atoms with Crippen LogP contribution in [-0.2, 0) is 14.0 Å². The first-order valence-corrected chi connectivity index (χ1v) is 7.35. The largest absolute Gasteiger partial charge is 0.412 e. The van der Waals surface area contributed by atoms with E-state index in [1.54, 1.807) is 0 Å². The second kappa shape index (κ2) is 4.96. The molecular formula is C7H13NO7P2. The maximum Gasteiger partial charge on any atom is 0.347 e. The Morgan fingerprint density at radius 1 is 1.18 bits per heavy atom. The predicted molar refractivity (Wildman–Crippen MR) is 59.3 cm³/mol. The van der Waals surface area contributed by atoms with Gasteiger partial charge in [-0.05, 0) is 13.0 Å². The van der Waals surface area contributed by atoms with Crippen molar-refractivity contribution in [3.63, 3.8) is 0 Å². The van der Waals surface area contributed by atoms with Crippen molar-refractivity contribution in [3.8, 4) is 0 Å². The van der Waals surface area contributed by atoms with Crippen molar-refractivity contribution in [1.82, 2.24) is 4.98 Å². The third-order valence-corrected chi connectivity index (χ3v) is 6.69. The Bertz CT molecular complexity index is 442. The first-order valence-electron chi connectivity index (χ1n) is 4.12. The number of pyridine rings is 1. The standard InChI is InChI=1S/C7H11NO6P2.H2O/c1-7(15(9,10)11,16(12,13)14)6-3-2-4-8-5-6;/h2-5H,1H3,(H2,9,10,11)(H2,12,13,14);1H2. The van der Waals surface area contributed by atoms with Crippen LogP contribution in [-0.4, -0.2) is 30.0 Å². The topological polar surface area (TPSA) is 159 Å².